The van der Waals surface area contributed by atoms with Gasteiger partial charge in [0.25, 0.3) is 5.91 Å². The zero-order valence-electron chi connectivity index (χ0n) is 13.4. The van der Waals surface area contributed by atoms with Crippen LogP contribution in [0.3, 0.4) is 0 Å². The van der Waals surface area contributed by atoms with Gasteiger partial charge in [-0.25, -0.2) is 0 Å². The molecule has 0 aliphatic carbocycles. The zero-order chi connectivity index (χ0) is 17.5. The van der Waals surface area contributed by atoms with Gasteiger partial charge in [0.1, 0.15) is 5.75 Å². The van der Waals surface area contributed by atoms with E-state index in [1.54, 1.807) is 7.11 Å². The largest absolute Gasteiger partial charge is 0.497 e. The summed E-state index contributed by atoms with van der Waals surface area (Å²) in [6.07, 6.45) is 0.647. The van der Waals surface area contributed by atoms with Crippen LogP contribution in [0, 0.1) is 10.1 Å². The number of rotatable bonds is 7. The van der Waals surface area contributed by atoms with E-state index in [0.717, 1.165) is 11.3 Å². The molecule has 2 aromatic rings. The summed E-state index contributed by atoms with van der Waals surface area (Å²) in [6.45, 7) is 0.422. The van der Waals surface area contributed by atoms with Gasteiger partial charge < -0.3 is 14.8 Å². The Morgan fingerprint density at radius 2 is 1.83 bits per heavy atom. The number of nitro groups is 1. The number of nitrogens with zero attached hydrogens (tertiary/aromatic N) is 1. The molecule has 1 N–H and O–H groups in total. The SMILES string of the molecule is COc1ccc(CCNC(=O)c2ccc(OC)c([N+](=O)[O-])c2)cc1. The number of carbonyl (C=O) groups excluding carboxylic acids is 1. The van der Waals surface area contributed by atoms with E-state index in [-0.39, 0.29) is 22.9 Å². The van der Waals surface area contributed by atoms with Crippen LogP contribution < -0.4 is 14.8 Å². The Morgan fingerprint density at radius 3 is 2.42 bits per heavy atom. The van der Waals surface area contributed by atoms with Crippen molar-refractivity contribution in [2.45, 2.75) is 6.42 Å². The minimum Gasteiger partial charge on any atom is -0.497 e. The lowest BCUT2D eigenvalue weighted by atomic mass is 10.1. The van der Waals surface area contributed by atoms with Crippen LogP contribution >= 0.6 is 0 Å². The molecule has 0 radical (unpaired) electrons. The van der Waals surface area contributed by atoms with Crippen molar-refractivity contribution in [1.29, 1.82) is 0 Å². The lowest BCUT2D eigenvalue weighted by Gasteiger charge is -2.07. The van der Waals surface area contributed by atoms with E-state index >= 15 is 0 Å². The second-order valence-corrected chi connectivity index (χ2v) is 5.00. The van der Waals surface area contributed by atoms with E-state index in [0.29, 0.717) is 13.0 Å². The normalized spacial score (nSPS) is 10.1. The third-order valence-electron chi connectivity index (χ3n) is 3.50. The number of hydrogen-bond donors (Lipinski definition) is 1. The summed E-state index contributed by atoms with van der Waals surface area (Å²) in [4.78, 5) is 22.5. The van der Waals surface area contributed by atoms with E-state index in [9.17, 15) is 14.9 Å². The number of methoxy groups -OCH3 is 2. The van der Waals surface area contributed by atoms with Gasteiger partial charge in [-0.3, -0.25) is 14.9 Å². The predicted molar refractivity (Wildman–Crippen MR) is 88.7 cm³/mol. The van der Waals surface area contributed by atoms with Gasteiger partial charge in [-0.15, -0.1) is 0 Å². The summed E-state index contributed by atoms with van der Waals surface area (Å²) in [5, 5.41) is 13.7. The van der Waals surface area contributed by atoms with Crippen LogP contribution in [0.25, 0.3) is 0 Å². The van der Waals surface area contributed by atoms with E-state index in [2.05, 4.69) is 5.32 Å². The summed E-state index contributed by atoms with van der Waals surface area (Å²) >= 11 is 0. The van der Waals surface area contributed by atoms with Crippen molar-refractivity contribution >= 4 is 11.6 Å². The molecule has 0 fully saturated rings. The molecule has 0 bridgehead atoms. The van der Waals surface area contributed by atoms with Crippen molar-refractivity contribution in [2.75, 3.05) is 20.8 Å². The summed E-state index contributed by atoms with van der Waals surface area (Å²) in [5.74, 6) is 0.525. The molecule has 0 aromatic heterocycles. The predicted octanol–water partition coefficient (Wildman–Crippen LogP) is 2.58. The second-order valence-electron chi connectivity index (χ2n) is 5.00. The smallest absolute Gasteiger partial charge is 0.311 e. The average Bonchev–Trinajstić information content (AvgIpc) is 2.61. The minimum atomic E-state index is -0.576. The molecule has 7 heteroatoms. The van der Waals surface area contributed by atoms with Gasteiger partial charge in [-0.05, 0) is 36.2 Å². The van der Waals surface area contributed by atoms with Crippen molar-refractivity contribution in [3.63, 3.8) is 0 Å². The first-order chi connectivity index (χ1) is 11.5. The van der Waals surface area contributed by atoms with Gasteiger partial charge in [-0.1, -0.05) is 12.1 Å². The van der Waals surface area contributed by atoms with Gasteiger partial charge in [-0.2, -0.15) is 0 Å². The molecule has 0 spiro atoms. The lowest BCUT2D eigenvalue weighted by molar-refractivity contribution is -0.385. The van der Waals surface area contributed by atoms with Crippen molar-refractivity contribution in [3.8, 4) is 11.5 Å². The molecule has 2 rings (SSSR count). The highest BCUT2D eigenvalue weighted by Gasteiger charge is 2.17. The van der Waals surface area contributed by atoms with E-state index in [1.807, 2.05) is 24.3 Å². The first kappa shape index (κ1) is 17.3. The standard InChI is InChI=1S/C17H18N2O5/c1-23-14-6-3-12(4-7-14)9-10-18-17(20)13-5-8-16(24-2)15(11-13)19(21)22/h3-8,11H,9-10H2,1-2H3,(H,18,20). The second kappa shape index (κ2) is 7.96. The molecular weight excluding hydrogens is 312 g/mol. The molecule has 2 aromatic carbocycles. The van der Waals surface area contributed by atoms with Crippen LogP contribution in [0.2, 0.25) is 0 Å². The first-order valence-corrected chi connectivity index (χ1v) is 7.28. The minimum absolute atomic E-state index is 0.120. The molecule has 126 valence electrons. The van der Waals surface area contributed by atoms with Crippen molar-refractivity contribution in [2.24, 2.45) is 0 Å². The summed E-state index contributed by atoms with van der Waals surface area (Å²) in [5.41, 5.74) is 1.04. The third-order valence-corrected chi connectivity index (χ3v) is 3.50. The number of amides is 1. The first-order valence-electron chi connectivity index (χ1n) is 7.28. The Bertz CT molecular complexity index is 728. The average molecular weight is 330 g/mol. The van der Waals surface area contributed by atoms with Gasteiger partial charge in [0.05, 0.1) is 19.1 Å². The maximum atomic E-state index is 12.1. The Hall–Kier alpha value is -3.09. The monoisotopic (exact) mass is 330 g/mol. The number of nitrogens with one attached hydrogen (secondary N) is 1. The zero-order valence-corrected chi connectivity index (χ0v) is 13.4. The van der Waals surface area contributed by atoms with Crippen LogP contribution in [0.15, 0.2) is 42.5 Å². The fraction of sp³-hybridized carbons (Fsp3) is 0.235. The molecule has 0 heterocycles. The molecule has 24 heavy (non-hydrogen) atoms. The van der Waals surface area contributed by atoms with Crippen molar-refractivity contribution in [3.05, 3.63) is 63.7 Å². The van der Waals surface area contributed by atoms with E-state index < -0.39 is 4.92 Å². The van der Waals surface area contributed by atoms with Crippen LogP contribution in [0.4, 0.5) is 5.69 Å². The molecule has 0 saturated carbocycles. The summed E-state index contributed by atoms with van der Waals surface area (Å²) in [6, 6.07) is 11.7. The number of carbonyl (C=O) groups is 1. The highest BCUT2D eigenvalue weighted by Crippen LogP contribution is 2.27. The molecule has 0 unspecified atom stereocenters. The molecule has 7 nitrogen and oxygen atoms in total. The molecule has 0 aliphatic heterocycles. The highest BCUT2D eigenvalue weighted by atomic mass is 16.6. The van der Waals surface area contributed by atoms with Gasteiger partial charge >= 0.3 is 5.69 Å². The molecule has 0 atom stereocenters. The molecule has 0 aliphatic rings. The quantitative estimate of drug-likeness (QED) is 0.622. The van der Waals surface area contributed by atoms with E-state index in [4.69, 9.17) is 9.47 Å². The molecule has 1 amide bonds. The Morgan fingerprint density at radius 1 is 1.12 bits per heavy atom. The van der Waals surface area contributed by atoms with Gasteiger partial charge in [0.2, 0.25) is 0 Å². The van der Waals surface area contributed by atoms with Gasteiger partial charge in [0, 0.05) is 18.2 Å². The fourth-order valence-electron chi connectivity index (χ4n) is 2.19. The van der Waals surface area contributed by atoms with Crippen molar-refractivity contribution < 1.29 is 19.2 Å². The van der Waals surface area contributed by atoms with Crippen LogP contribution in [0.5, 0.6) is 11.5 Å². The number of nitro benzene ring substituents is 1. The van der Waals surface area contributed by atoms with Crippen molar-refractivity contribution in [1.82, 2.24) is 5.32 Å². The third kappa shape index (κ3) is 4.22. The number of hydrogen-bond acceptors (Lipinski definition) is 5. The Labute approximate surface area is 139 Å². The van der Waals surface area contributed by atoms with E-state index in [1.165, 1.54) is 25.3 Å². The number of ether oxygens (including phenoxy) is 2. The number of benzene rings is 2. The lowest BCUT2D eigenvalue weighted by Crippen LogP contribution is -2.25. The van der Waals surface area contributed by atoms with Crippen LogP contribution in [0.1, 0.15) is 15.9 Å². The Balaban J connectivity index is 1.96. The fourth-order valence-corrected chi connectivity index (χ4v) is 2.19. The summed E-state index contributed by atoms with van der Waals surface area (Å²) in [7, 11) is 2.94. The topological polar surface area (TPSA) is 90.7 Å². The van der Waals surface area contributed by atoms with Crippen LogP contribution in [-0.4, -0.2) is 31.6 Å². The van der Waals surface area contributed by atoms with Gasteiger partial charge in [0.15, 0.2) is 5.75 Å². The molecule has 0 saturated heterocycles. The Kier molecular flexibility index (Phi) is 5.73. The van der Waals surface area contributed by atoms with Crippen LogP contribution in [-0.2, 0) is 6.42 Å². The summed E-state index contributed by atoms with van der Waals surface area (Å²) < 4.78 is 10.00. The highest BCUT2D eigenvalue weighted by molar-refractivity contribution is 5.95. The maximum absolute atomic E-state index is 12.1. The maximum Gasteiger partial charge on any atom is 0.311 e. The molecular formula is C17H18N2O5.